The summed E-state index contributed by atoms with van der Waals surface area (Å²) in [4.78, 5) is 0. The first-order valence-corrected chi connectivity index (χ1v) is 3.68. The number of hydrogen-bond donors (Lipinski definition) is 1. The van der Waals surface area contributed by atoms with E-state index in [0.29, 0.717) is 5.92 Å². The van der Waals surface area contributed by atoms with Crippen molar-refractivity contribution in [1.29, 1.82) is 0 Å². The molecule has 1 aliphatic heterocycles. The molecule has 0 aromatic heterocycles. The molecule has 2 nitrogen and oxygen atoms in total. The van der Waals surface area contributed by atoms with Gasteiger partial charge in [0.15, 0.2) is 6.29 Å². The van der Waals surface area contributed by atoms with Crippen LogP contribution in [0, 0.1) is 5.92 Å². The molecule has 1 fully saturated rings. The summed E-state index contributed by atoms with van der Waals surface area (Å²) in [6.07, 6.45) is 3.22. The monoisotopic (exact) mass is 142 g/mol. The summed E-state index contributed by atoms with van der Waals surface area (Å²) >= 11 is 0. The number of hydrogen-bond acceptors (Lipinski definition) is 2. The fraction of sp³-hybridized carbons (Fsp3) is 0.750. The van der Waals surface area contributed by atoms with Crippen LogP contribution in [-0.2, 0) is 4.74 Å². The third-order valence-corrected chi connectivity index (χ3v) is 2.01. The Labute approximate surface area is 61.5 Å². The first-order chi connectivity index (χ1) is 4.74. The van der Waals surface area contributed by atoms with Crippen molar-refractivity contribution in [3.63, 3.8) is 0 Å². The molecule has 0 saturated carbocycles. The van der Waals surface area contributed by atoms with Crippen molar-refractivity contribution in [2.24, 2.45) is 5.92 Å². The van der Waals surface area contributed by atoms with Gasteiger partial charge in [-0.3, -0.25) is 0 Å². The molecule has 1 aliphatic rings. The lowest BCUT2D eigenvalue weighted by Gasteiger charge is -2.09. The fourth-order valence-electron chi connectivity index (χ4n) is 1.37. The van der Waals surface area contributed by atoms with E-state index in [1.165, 1.54) is 0 Å². The van der Waals surface area contributed by atoms with Gasteiger partial charge < -0.3 is 9.84 Å². The van der Waals surface area contributed by atoms with Crippen molar-refractivity contribution in [2.45, 2.75) is 32.2 Å². The van der Waals surface area contributed by atoms with E-state index in [1.807, 2.05) is 13.0 Å². The minimum absolute atomic E-state index is 0.188. The lowest BCUT2D eigenvalue weighted by Crippen LogP contribution is -2.10. The number of allylic oxidation sites excluding steroid dienone is 1. The van der Waals surface area contributed by atoms with Crippen LogP contribution in [0.5, 0.6) is 0 Å². The molecule has 1 heterocycles. The predicted octanol–water partition coefficient (Wildman–Crippen LogP) is 1.31. The Morgan fingerprint density at radius 2 is 2.50 bits per heavy atom. The van der Waals surface area contributed by atoms with E-state index in [4.69, 9.17) is 9.84 Å². The Bertz CT molecular complexity index is 122. The average Bonchev–Trinajstić information content (AvgIpc) is 2.13. The van der Waals surface area contributed by atoms with Crippen molar-refractivity contribution in [3.05, 3.63) is 12.7 Å². The van der Waals surface area contributed by atoms with Gasteiger partial charge >= 0.3 is 0 Å². The molecule has 10 heavy (non-hydrogen) atoms. The highest BCUT2D eigenvalue weighted by Crippen LogP contribution is 2.27. The summed E-state index contributed by atoms with van der Waals surface area (Å²) in [6, 6.07) is 0. The van der Waals surface area contributed by atoms with Gasteiger partial charge in [0.1, 0.15) is 0 Å². The van der Waals surface area contributed by atoms with E-state index in [1.54, 1.807) is 0 Å². The van der Waals surface area contributed by atoms with E-state index < -0.39 is 6.29 Å². The van der Waals surface area contributed by atoms with Gasteiger partial charge in [-0.1, -0.05) is 6.08 Å². The molecule has 1 N–H and O–H groups in total. The molecule has 0 amide bonds. The van der Waals surface area contributed by atoms with Crippen molar-refractivity contribution in [3.8, 4) is 0 Å². The highest BCUT2D eigenvalue weighted by Gasteiger charge is 2.29. The summed E-state index contributed by atoms with van der Waals surface area (Å²) in [5, 5.41) is 9.04. The second kappa shape index (κ2) is 3.17. The van der Waals surface area contributed by atoms with Crippen molar-refractivity contribution in [1.82, 2.24) is 0 Å². The molecule has 0 aromatic rings. The first kappa shape index (κ1) is 7.76. The van der Waals surface area contributed by atoms with Gasteiger partial charge in [-0.15, -0.1) is 6.58 Å². The fourth-order valence-corrected chi connectivity index (χ4v) is 1.37. The standard InChI is InChI=1S/C8H14O2/c1-3-4-7-5-8(9)10-6(7)2/h3,6-9H,1,4-5H2,2H3/t6?,7?,8-/m1/s1. The van der Waals surface area contributed by atoms with Crippen molar-refractivity contribution >= 4 is 0 Å². The summed E-state index contributed by atoms with van der Waals surface area (Å²) in [6.45, 7) is 5.64. The zero-order chi connectivity index (χ0) is 7.56. The summed E-state index contributed by atoms with van der Waals surface area (Å²) in [5.41, 5.74) is 0. The molecule has 1 saturated heterocycles. The van der Waals surface area contributed by atoms with Crippen LogP contribution in [0.15, 0.2) is 12.7 Å². The maximum Gasteiger partial charge on any atom is 0.155 e. The van der Waals surface area contributed by atoms with Crippen LogP contribution in [0.3, 0.4) is 0 Å². The Kier molecular flexibility index (Phi) is 2.46. The molecule has 0 spiro atoms. The number of aliphatic hydroxyl groups is 1. The van der Waals surface area contributed by atoms with Crippen LogP contribution < -0.4 is 0 Å². The largest absolute Gasteiger partial charge is 0.368 e. The van der Waals surface area contributed by atoms with Gasteiger partial charge in [0.25, 0.3) is 0 Å². The number of ether oxygens (including phenoxy) is 1. The van der Waals surface area contributed by atoms with E-state index in [2.05, 4.69) is 6.58 Å². The van der Waals surface area contributed by atoms with Gasteiger partial charge in [0, 0.05) is 6.42 Å². The molecule has 0 aromatic carbocycles. The van der Waals surface area contributed by atoms with Crippen LogP contribution in [0.2, 0.25) is 0 Å². The number of aliphatic hydroxyl groups excluding tert-OH is 1. The second-order valence-electron chi connectivity index (χ2n) is 2.82. The highest BCUT2D eigenvalue weighted by molar-refractivity contribution is 4.81. The smallest absolute Gasteiger partial charge is 0.155 e. The van der Waals surface area contributed by atoms with E-state index >= 15 is 0 Å². The quantitative estimate of drug-likeness (QED) is 0.589. The summed E-state index contributed by atoms with van der Waals surface area (Å²) in [5.74, 6) is 0.465. The third-order valence-electron chi connectivity index (χ3n) is 2.01. The maximum absolute atomic E-state index is 9.04. The Hall–Kier alpha value is -0.340. The van der Waals surface area contributed by atoms with Gasteiger partial charge in [-0.25, -0.2) is 0 Å². The molecule has 1 rings (SSSR count). The summed E-state index contributed by atoms with van der Waals surface area (Å²) in [7, 11) is 0. The van der Waals surface area contributed by atoms with Gasteiger partial charge in [0.05, 0.1) is 6.10 Å². The minimum Gasteiger partial charge on any atom is -0.368 e. The molecule has 0 aliphatic carbocycles. The molecule has 0 radical (unpaired) electrons. The molecule has 2 heteroatoms. The van der Waals surface area contributed by atoms with Crippen LogP contribution in [0.4, 0.5) is 0 Å². The normalized spacial score (nSPS) is 40.0. The molecule has 3 atom stereocenters. The van der Waals surface area contributed by atoms with Gasteiger partial charge in [-0.05, 0) is 19.3 Å². The number of rotatable bonds is 2. The molecule has 0 bridgehead atoms. The minimum atomic E-state index is -0.542. The second-order valence-corrected chi connectivity index (χ2v) is 2.82. The van der Waals surface area contributed by atoms with Gasteiger partial charge in [0.2, 0.25) is 0 Å². The lowest BCUT2D eigenvalue weighted by molar-refractivity contribution is -0.0865. The Morgan fingerprint density at radius 3 is 2.90 bits per heavy atom. The maximum atomic E-state index is 9.04. The van der Waals surface area contributed by atoms with E-state index in [0.717, 1.165) is 12.8 Å². The lowest BCUT2D eigenvalue weighted by atomic mass is 9.99. The summed E-state index contributed by atoms with van der Waals surface area (Å²) < 4.78 is 5.13. The molecular weight excluding hydrogens is 128 g/mol. The topological polar surface area (TPSA) is 29.5 Å². The third kappa shape index (κ3) is 1.58. The SMILES string of the molecule is C=CCC1C[C@H](O)OC1C. The van der Waals surface area contributed by atoms with Crippen molar-refractivity contribution in [2.75, 3.05) is 0 Å². The zero-order valence-electron chi connectivity index (χ0n) is 6.29. The van der Waals surface area contributed by atoms with Crippen LogP contribution >= 0.6 is 0 Å². The first-order valence-electron chi connectivity index (χ1n) is 3.68. The van der Waals surface area contributed by atoms with Crippen LogP contribution in [-0.4, -0.2) is 17.5 Å². The predicted molar refractivity (Wildman–Crippen MR) is 39.5 cm³/mol. The van der Waals surface area contributed by atoms with Crippen LogP contribution in [0.1, 0.15) is 19.8 Å². The Balaban J connectivity index is 2.38. The van der Waals surface area contributed by atoms with E-state index in [-0.39, 0.29) is 6.10 Å². The average molecular weight is 142 g/mol. The Morgan fingerprint density at radius 1 is 1.80 bits per heavy atom. The zero-order valence-corrected chi connectivity index (χ0v) is 6.29. The van der Waals surface area contributed by atoms with Gasteiger partial charge in [-0.2, -0.15) is 0 Å². The molecule has 58 valence electrons. The van der Waals surface area contributed by atoms with Crippen LogP contribution in [0.25, 0.3) is 0 Å². The van der Waals surface area contributed by atoms with E-state index in [9.17, 15) is 0 Å². The molecule has 2 unspecified atom stereocenters. The van der Waals surface area contributed by atoms with Crippen molar-refractivity contribution < 1.29 is 9.84 Å². The highest BCUT2D eigenvalue weighted by atomic mass is 16.6. The molecular formula is C8H14O2.